The molecule has 0 radical (unpaired) electrons. The highest BCUT2D eigenvalue weighted by Gasteiger charge is 2.18. The number of nitrogens with one attached hydrogen (secondary N) is 2. The summed E-state index contributed by atoms with van der Waals surface area (Å²) in [5.74, 6) is 0.432. The van der Waals surface area contributed by atoms with Gasteiger partial charge in [0.05, 0.1) is 16.7 Å². The van der Waals surface area contributed by atoms with E-state index in [0.717, 1.165) is 26.9 Å². The fourth-order valence-electron chi connectivity index (χ4n) is 3.55. The van der Waals surface area contributed by atoms with E-state index in [-0.39, 0.29) is 5.56 Å². The predicted molar refractivity (Wildman–Crippen MR) is 112 cm³/mol. The van der Waals surface area contributed by atoms with Crippen LogP contribution in [-0.4, -0.2) is 53.0 Å². The maximum atomic E-state index is 12.6. The van der Waals surface area contributed by atoms with Crippen LogP contribution in [0.15, 0.2) is 34.4 Å². The van der Waals surface area contributed by atoms with Gasteiger partial charge in [0, 0.05) is 41.4 Å². The molecule has 27 heavy (non-hydrogen) atoms. The Bertz CT molecular complexity index is 1300. The highest BCUT2D eigenvalue weighted by atomic mass is 32.1. The molecule has 3 aromatic heterocycles. The van der Waals surface area contributed by atoms with Gasteiger partial charge in [0.2, 0.25) is 0 Å². The van der Waals surface area contributed by atoms with E-state index < -0.39 is 6.98 Å². The van der Waals surface area contributed by atoms with Gasteiger partial charge in [-0.15, -0.1) is 11.3 Å². The third-order valence-corrected chi connectivity index (χ3v) is 5.86. The Morgan fingerprint density at radius 3 is 2.89 bits per heavy atom. The molecule has 4 N–H and O–H groups in total. The Balaban J connectivity index is 1.48. The van der Waals surface area contributed by atoms with E-state index in [9.17, 15) is 4.79 Å². The van der Waals surface area contributed by atoms with E-state index in [0.29, 0.717) is 43.3 Å². The molecule has 5 rings (SSSR count). The van der Waals surface area contributed by atoms with Crippen molar-refractivity contribution >= 4 is 44.0 Å². The number of nitrogen functional groups attached to an aromatic ring is 1. The zero-order valence-electron chi connectivity index (χ0n) is 17.5. The Hall–Kier alpha value is -2.84. The molecule has 1 aliphatic rings. The maximum Gasteiger partial charge on any atom is 0.262 e. The molecule has 4 heterocycles. The van der Waals surface area contributed by atoms with Gasteiger partial charge in [0.15, 0.2) is 0 Å². The Kier molecular flexibility index (Phi) is 3.02. The summed E-state index contributed by atoms with van der Waals surface area (Å²) in [6, 6.07) is 7.72. The number of hydrogen-bond donors (Lipinski definition) is 3. The number of rotatable bonds is 2. The summed E-state index contributed by atoms with van der Waals surface area (Å²) in [7, 11) is 0. The molecule has 0 unspecified atom stereocenters. The SMILES string of the molecule is [2H]C([2H])([2H])N1CCN(c2ccc3nc(-c4c(N)c5ccsc5[nH]c4=O)[nH]c3c2)CC1. The van der Waals surface area contributed by atoms with Crippen molar-refractivity contribution in [1.29, 1.82) is 0 Å². The molecule has 0 atom stereocenters. The molecule has 0 amide bonds. The second-order valence-corrected chi connectivity index (χ2v) is 7.58. The minimum atomic E-state index is -2.05. The quantitative estimate of drug-likeness (QED) is 0.494. The number of aromatic amines is 2. The van der Waals surface area contributed by atoms with Crippen LogP contribution < -0.4 is 16.2 Å². The molecular weight excluding hydrogens is 360 g/mol. The molecule has 0 bridgehead atoms. The second kappa shape index (κ2) is 6.11. The van der Waals surface area contributed by atoms with Crippen LogP contribution in [0.25, 0.3) is 32.6 Å². The van der Waals surface area contributed by atoms with Gasteiger partial charge in [-0.05, 0) is 36.6 Å². The average molecular weight is 383 g/mol. The summed E-state index contributed by atoms with van der Waals surface area (Å²) >= 11 is 1.43. The zero-order chi connectivity index (χ0) is 21.0. The van der Waals surface area contributed by atoms with Crippen LogP contribution in [0, 0.1) is 0 Å². The van der Waals surface area contributed by atoms with Gasteiger partial charge in [0.25, 0.3) is 5.56 Å². The number of nitrogens with two attached hydrogens (primary N) is 1. The molecule has 4 aromatic rings. The largest absolute Gasteiger partial charge is 0.397 e. The smallest absolute Gasteiger partial charge is 0.262 e. The number of imidazole rings is 1. The molecule has 0 spiro atoms. The van der Waals surface area contributed by atoms with E-state index in [2.05, 4.69) is 19.9 Å². The molecule has 8 heteroatoms. The third kappa shape index (κ3) is 2.68. The standard InChI is InChI=1S/C19H20N6OS/c1-24-5-7-25(8-6-24)11-2-3-13-14(10-11)22-17(21-13)15-16(20)12-4-9-27-19(12)23-18(15)26/h2-4,9-10H,5-8H2,1H3,(H,21,22)(H3,20,23,26)/i1D3. The lowest BCUT2D eigenvalue weighted by atomic mass is 10.2. The van der Waals surface area contributed by atoms with E-state index in [1.54, 1.807) is 0 Å². The van der Waals surface area contributed by atoms with Gasteiger partial charge in [-0.25, -0.2) is 4.98 Å². The first-order valence-electron chi connectivity index (χ1n) is 10.2. The third-order valence-electron chi connectivity index (χ3n) is 5.03. The summed E-state index contributed by atoms with van der Waals surface area (Å²) in [5, 5.41) is 2.69. The number of fused-ring (bicyclic) bond motifs is 2. The Morgan fingerprint density at radius 2 is 2.07 bits per heavy atom. The van der Waals surface area contributed by atoms with Crippen LogP contribution in [0.4, 0.5) is 11.4 Å². The highest BCUT2D eigenvalue weighted by molar-refractivity contribution is 7.16. The highest BCUT2D eigenvalue weighted by Crippen LogP contribution is 2.31. The van der Waals surface area contributed by atoms with E-state index in [4.69, 9.17) is 9.85 Å². The lowest BCUT2D eigenvalue weighted by molar-refractivity contribution is 0.313. The summed E-state index contributed by atoms with van der Waals surface area (Å²) in [6.45, 7) is 0.175. The average Bonchev–Trinajstić information content (AvgIpc) is 3.33. The molecule has 7 nitrogen and oxygen atoms in total. The van der Waals surface area contributed by atoms with E-state index in [1.165, 1.54) is 16.2 Å². The van der Waals surface area contributed by atoms with Crippen molar-refractivity contribution < 1.29 is 4.11 Å². The molecule has 1 aromatic carbocycles. The summed E-state index contributed by atoms with van der Waals surface area (Å²) < 4.78 is 22.7. The van der Waals surface area contributed by atoms with Crippen LogP contribution >= 0.6 is 11.3 Å². The Labute approximate surface area is 163 Å². The van der Waals surface area contributed by atoms with Crippen LogP contribution in [0.2, 0.25) is 0 Å². The summed E-state index contributed by atoms with van der Waals surface area (Å²) in [4.78, 5) is 27.7. The molecule has 0 saturated carbocycles. The number of piperazine rings is 1. The molecule has 1 saturated heterocycles. The predicted octanol–water partition coefficient (Wildman–Crippen LogP) is 2.47. The number of H-pyrrole nitrogens is 2. The first-order valence-corrected chi connectivity index (χ1v) is 9.58. The number of hydrogen-bond acceptors (Lipinski definition) is 6. The zero-order valence-corrected chi connectivity index (χ0v) is 15.3. The van der Waals surface area contributed by atoms with Gasteiger partial charge in [0.1, 0.15) is 16.2 Å². The lowest BCUT2D eigenvalue weighted by Crippen LogP contribution is -2.44. The topological polar surface area (TPSA) is 94.0 Å². The molecule has 138 valence electrons. The number of pyridine rings is 1. The molecule has 1 aliphatic heterocycles. The Morgan fingerprint density at radius 1 is 1.22 bits per heavy atom. The number of anilines is 2. The minimum absolute atomic E-state index is 0.275. The van der Waals surface area contributed by atoms with E-state index >= 15 is 0 Å². The van der Waals surface area contributed by atoms with Crippen molar-refractivity contribution in [2.24, 2.45) is 0 Å². The number of thiophene rings is 1. The van der Waals surface area contributed by atoms with E-state index in [1.807, 2.05) is 29.6 Å². The number of likely N-dealkylation sites (N-methyl/N-ethyl adjacent to an activating group) is 1. The first-order chi connectivity index (χ1) is 14.3. The lowest BCUT2D eigenvalue weighted by Gasteiger charge is -2.34. The van der Waals surface area contributed by atoms with Crippen molar-refractivity contribution in [3.63, 3.8) is 0 Å². The fraction of sp³-hybridized carbons (Fsp3) is 0.263. The van der Waals surface area contributed by atoms with Crippen LogP contribution in [0.3, 0.4) is 0 Å². The molecule has 0 aliphatic carbocycles. The number of benzene rings is 1. The van der Waals surface area contributed by atoms with Crippen LogP contribution in [-0.2, 0) is 0 Å². The number of nitrogens with zero attached hydrogens (tertiary/aromatic N) is 3. The van der Waals surface area contributed by atoms with Gasteiger partial charge in [-0.1, -0.05) is 0 Å². The van der Waals surface area contributed by atoms with Crippen molar-refractivity contribution in [3.8, 4) is 11.4 Å². The normalized spacial score (nSPS) is 17.9. The van der Waals surface area contributed by atoms with Gasteiger partial charge < -0.3 is 25.5 Å². The maximum absolute atomic E-state index is 12.6. The van der Waals surface area contributed by atoms with Crippen molar-refractivity contribution in [2.45, 2.75) is 0 Å². The van der Waals surface area contributed by atoms with Crippen LogP contribution in [0.5, 0.6) is 0 Å². The second-order valence-electron chi connectivity index (χ2n) is 6.67. The fourth-order valence-corrected chi connectivity index (χ4v) is 4.35. The monoisotopic (exact) mass is 383 g/mol. The summed E-state index contributed by atoms with van der Waals surface area (Å²) in [6.07, 6.45) is 0. The molecular formula is C19H20N6OS. The van der Waals surface area contributed by atoms with Crippen molar-refractivity contribution in [3.05, 3.63) is 40.0 Å². The van der Waals surface area contributed by atoms with Gasteiger partial charge in [-0.2, -0.15) is 0 Å². The van der Waals surface area contributed by atoms with Crippen molar-refractivity contribution in [2.75, 3.05) is 43.8 Å². The van der Waals surface area contributed by atoms with Gasteiger partial charge in [-0.3, -0.25) is 4.79 Å². The van der Waals surface area contributed by atoms with Crippen LogP contribution in [0.1, 0.15) is 4.11 Å². The van der Waals surface area contributed by atoms with Crippen molar-refractivity contribution in [1.82, 2.24) is 19.9 Å². The summed E-state index contributed by atoms with van der Waals surface area (Å²) in [5.41, 5.74) is 9.27. The molecule has 1 fully saturated rings. The first kappa shape index (κ1) is 13.3. The number of aromatic nitrogens is 3. The van der Waals surface area contributed by atoms with Gasteiger partial charge >= 0.3 is 0 Å². The minimum Gasteiger partial charge on any atom is -0.397 e.